The van der Waals surface area contributed by atoms with Crippen LogP contribution in [0.25, 0.3) is 27.8 Å². The van der Waals surface area contributed by atoms with E-state index in [4.69, 9.17) is 16.7 Å². The molecule has 132 valence electrons. The van der Waals surface area contributed by atoms with E-state index >= 15 is 0 Å². The average molecular weight is 370 g/mol. The molecule has 0 amide bonds. The van der Waals surface area contributed by atoms with Crippen LogP contribution in [0.4, 0.5) is 0 Å². The standard InChI is InChI=1S/C18H16ClN5O2/c1-2-13-15(11-3-5-12(19)6-4-11)17-21-20-16-14(24(17)22-13)7-8-23(9-10-25)18(16)26/h3-8,25H,2,9-10H2,1H3. The summed E-state index contributed by atoms with van der Waals surface area (Å²) in [5, 5.41) is 22.8. The number of aliphatic hydroxyl groups excluding tert-OH is 1. The molecule has 26 heavy (non-hydrogen) atoms. The first kappa shape index (κ1) is 16.7. The van der Waals surface area contributed by atoms with Crippen LogP contribution in [0, 0.1) is 0 Å². The Labute approximate surface area is 153 Å². The molecule has 0 fully saturated rings. The summed E-state index contributed by atoms with van der Waals surface area (Å²) in [6, 6.07) is 9.25. The zero-order valence-electron chi connectivity index (χ0n) is 14.1. The Morgan fingerprint density at radius 3 is 2.62 bits per heavy atom. The van der Waals surface area contributed by atoms with Crippen LogP contribution in [0.2, 0.25) is 5.02 Å². The minimum atomic E-state index is -0.299. The molecule has 0 aliphatic heterocycles. The number of benzene rings is 1. The third kappa shape index (κ3) is 2.56. The Morgan fingerprint density at radius 2 is 1.92 bits per heavy atom. The van der Waals surface area contributed by atoms with Crippen LogP contribution in [0.1, 0.15) is 12.6 Å². The molecule has 0 bridgehead atoms. The predicted octanol–water partition coefficient (Wildman–Crippen LogP) is 2.31. The van der Waals surface area contributed by atoms with Gasteiger partial charge in [0.25, 0.3) is 5.56 Å². The van der Waals surface area contributed by atoms with Gasteiger partial charge in [-0.25, -0.2) is 4.52 Å². The van der Waals surface area contributed by atoms with E-state index in [1.54, 1.807) is 16.8 Å². The van der Waals surface area contributed by atoms with Gasteiger partial charge in [0.1, 0.15) is 5.52 Å². The molecule has 1 aromatic carbocycles. The third-order valence-electron chi connectivity index (χ3n) is 4.33. The Kier molecular flexibility index (Phi) is 4.18. The van der Waals surface area contributed by atoms with E-state index in [1.807, 2.05) is 31.2 Å². The molecule has 0 saturated heterocycles. The van der Waals surface area contributed by atoms with E-state index in [0.29, 0.717) is 22.6 Å². The molecule has 0 aliphatic rings. The van der Waals surface area contributed by atoms with Gasteiger partial charge >= 0.3 is 0 Å². The van der Waals surface area contributed by atoms with Gasteiger partial charge in [0.2, 0.25) is 0 Å². The highest BCUT2D eigenvalue weighted by Crippen LogP contribution is 2.29. The summed E-state index contributed by atoms with van der Waals surface area (Å²) in [5.41, 5.74) is 3.81. The normalized spacial score (nSPS) is 11.5. The first-order valence-corrected chi connectivity index (χ1v) is 8.66. The topological polar surface area (TPSA) is 85.3 Å². The zero-order chi connectivity index (χ0) is 18.3. The number of nitrogens with zero attached hydrogens (tertiary/aromatic N) is 5. The summed E-state index contributed by atoms with van der Waals surface area (Å²) in [6.45, 7) is 2.11. The van der Waals surface area contributed by atoms with Crippen molar-refractivity contribution in [1.82, 2.24) is 24.4 Å². The van der Waals surface area contributed by atoms with E-state index in [-0.39, 0.29) is 24.2 Å². The van der Waals surface area contributed by atoms with E-state index in [2.05, 4.69) is 15.3 Å². The van der Waals surface area contributed by atoms with Crippen LogP contribution in [0.15, 0.2) is 41.3 Å². The van der Waals surface area contributed by atoms with Gasteiger partial charge in [-0.2, -0.15) is 5.10 Å². The Morgan fingerprint density at radius 1 is 1.15 bits per heavy atom. The SMILES string of the molecule is CCc1nn2c(nnc3c(=O)n(CCO)ccc32)c1-c1ccc(Cl)cc1. The van der Waals surface area contributed by atoms with Gasteiger partial charge in [-0.3, -0.25) is 4.79 Å². The Bertz CT molecular complexity index is 1160. The highest BCUT2D eigenvalue weighted by molar-refractivity contribution is 6.30. The van der Waals surface area contributed by atoms with Crippen LogP contribution in [0.5, 0.6) is 0 Å². The molecule has 1 N–H and O–H groups in total. The summed E-state index contributed by atoms with van der Waals surface area (Å²) >= 11 is 6.00. The van der Waals surface area contributed by atoms with Crippen molar-refractivity contribution in [2.75, 3.05) is 6.61 Å². The lowest BCUT2D eigenvalue weighted by Gasteiger charge is -2.05. The van der Waals surface area contributed by atoms with Crippen molar-refractivity contribution in [2.24, 2.45) is 0 Å². The van der Waals surface area contributed by atoms with E-state index in [1.165, 1.54) is 4.57 Å². The number of pyridine rings is 1. The number of rotatable bonds is 4. The van der Waals surface area contributed by atoms with E-state index in [9.17, 15) is 4.79 Å². The third-order valence-corrected chi connectivity index (χ3v) is 4.59. The second-order valence-corrected chi connectivity index (χ2v) is 6.33. The summed E-state index contributed by atoms with van der Waals surface area (Å²) in [5.74, 6) is 0. The molecule has 0 aliphatic carbocycles. The maximum Gasteiger partial charge on any atom is 0.280 e. The summed E-state index contributed by atoms with van der Waals surface area (Å²) in [4.78, 5) is 12.5. The van der Waals surface area contributed by atoms with Crippen molar-refractivity contribution in [2.45, 2.75) is 19.9 Å². The molecule has 7 nitrogen and oxygen atoms in total. The molecule has 0 radical (unpaired) electrons. The first-order chi connectivity index (χ1) is 12.6. The number of aryl methyl sites for hydroxylation is 1. The Hall–Kier alpha value is -2.77. The largest absolute Gasteiger partial charge is 0.395 e. The monoisotopic (exact) mass is 369 g/mol. The van der Waals surface area contributed by atoms with Crippen LogP contribution >= 0.6 is 11.6 Å². The van der Waals surface area contributed by atoms with Gasteiger partial charge in [-0.05, 0) is 30.2 Å². The van der Waals surface area contributed by atoms with Gasteiger partial charge in [0.15, 0.2) is 11.2 Å². The fourth-order valence-corrected chi connectivity index (χ4v) is 3.20. The van der Waals surface area contributed by atoms with Gasteiger partial charge in [-0.15, -0.1) is 10.2 Å². The molecule has 4 rings (SSSR count). The van der Waals surface area contributed by atoms with Crippen LogP contribution in [-0.4, -0.2) is 36.1 Å². The summed E-state index contributed by atoms with van der Waals surface area (Å²) < 4.78 is 3.07. The van der Waals surface area contributed by atoms with Crippen LogP contribution in [0.3, 0.4) is 0 Å². The zero-order valence-corrected chi connectivity index (χ0v) is 14.8. The lowest BCUT2D eigenvalue weighted by molar-refractivity contribution is 0.274. The highest BCUT2D eigenvalue weighted by atomic mass is 35.5. The molecule has 3 aromatic heterocycles. The van der Waals surface area contributed by atoms with Gasteiger partial charge in [0.05, 0.1) is 17.9 Å². The van der Waals surface area contributed by atoms with Gasteiger partial charge in [-0.1, -0.05) is 30.7 Å². The number of aliphatic hydroxyl groups is 1. The van der Waals surface area contributed by atoms with Crippen molar-refractivity contribution in [1.29, 1.82) is 0 Å². The quantitative estimate of drug-likeness (QED) is 0.596. The van der Waals surface area contributed by atoms with Crippen molar-refractivity contribution < 1.29 is 5.11 Å². The molecule has 0 atom stereocenters. The van der Waals surface area contributed by atoms with Crippen molar-refractivity contribution in [3.8, 4) is 11.1 Å². The number of aromatic nitrogens is 5. The van der Waals surface area contributed by atoms with Crippen LogP contribution < -0.4 is 5.56 Å². The maximum atomic E-state index is 12.5. The maximum absolute atomic E-state index is 12.5. The van der Waals surface area contributed by atoms with Crippen LogP contribution in [-0.2, 0) is 13.0 Å². The minimum Gasteiger partial charge on any atom is -0.395 e. The molecule has 8 heteroatoms. The second kappa shape index (κ2) is 6.51. The molecule has 0 spiro atoms. The predicted molar refractivity (Wildman–Crippen MR) is 99.5 cm³/mol. The van der Waals surface area contributed by atoms with Crippen molar-refractivity contribution in [3.63, 3.8) is 0 Å². The Balaban J connectivity index is 2.03. The number of hydrogen-bond donors (Lipinski definition) is 1. The fourth-order valence-electron chi connectivity index (χ4n) is 3.07. The molecule has 0 saturated carbocycles. The molecular weight excluding hydrogens is 354 g/mol. The molecule has 4 aromatic rings. The summed E-state index contributed by atoms with van der Waals surface area (Å²) in [7, 11) is 0. The van der Waals surface area contributed by atoms with E-state index in [0.717, 1.165) is 16.8 Å². The van der Waals surface area contributed by atoms with Gasteiger partial charge < -0.3 is 9.67 Å². The summed E-state index contributed by atoms with van der Waals surface area (Å²) in [6.07, 6.45) is 2.35. The van der Waals surface area contributed by atoms with Crippen molar-refractivity contribution >= 4 is 28.3 Å². The number of hydrogen-bond acceptors (Lipinski definition) is 5. The lowest BCUT2D eigenvalue weighted by Crippen LogP contribution is -2.23. The minimum absolute atomic E-state index is 0.121. The van der Waals surface area contributed by atoms with Gasteiger partial charge in [0, 0.05) is 17.8 Å². The van der Waals surface area contributed by atoms with Crippen molar-refractivity contribution in [3.05, 3.63) is 57.6 Å². The highest BCUT2D eigenvalue weighted by Gasteiger charge is 2.18. The molecule has 3 heterocycles. The second-order valence-electron chi connectivity index (χ2n) is 5.89. The number of halogens is 1. The molecular formula is C18H16ClN5O2. The number of fused-ring (bicyclic) bond motifs is 3. The van der Waals surface area contributed by atoms with E-state index < -0.39 is 0 Å². The smallest absolute Gasteiger partial charge is 0.280 e. The first-order valence-electron chi connectivity index (χ1n) is 8.28. The fraction of sp³-hybridized carbons (Fsp3) is 0.222. The lowest BCUT2D eigenvalue weighted by atomic mass is 10.0. The average Bonchev–Trinajstić information content (AvgIpc) is 3.04. The molecule has 0 unspecified atom stereocenters.